The van der Waals surface area contributed by atoms with E-state index >= 15 is 0 Å². The summed E-state index contributed by atoms with van der Waals surface area (Å²) in [5.41, 5.74) is 2.66. The maximum Gasteiger partial charge on any atom is 0.0480 e. The highest BCUT2D eigenvalue weighted by Gasteiger charge is 2.07. The van der Waals surface area contributed by atoms with Crippen molar-refractivity contribution >= 4 is 10.9 Å². The van der Waals surface area contributed by atoms with Gasteiger partial charge in [-0.05, 0) is 51.5 Å². The van der Waals surface area contributed by atoms with Crippen LogP contribution in [-0.2, 0) is 6.54 Å². The zero-order chi connectivity index (χ0) is 11.7. The normalized spacial score (nSPS) is 13.6. The first kappa shape index (κ1) is 11.2. The largest absolute Gasteiger partial charge is 0.346 e. The van der Waals surface area contributed by atoms with Crippen LogP contribution >= 0.6 is 0 Å². The van der Waals surface area contributed by atoms with Gasteiger partial charge in [-0.2, -0.15) is 0 Å². The Morgan fingerprint density at radius 1 is 1.25 bits per heavy atom. The molecule has 1 atom stereocenters. The molecule has 2 nitrogen and oxygen atoms in total. The second kappa shape index (κ2) is 4.30. The third-order valence-corrected chi connectivity index (χ3v) is 3.27. The van der Waals surface area contributed by atoms with Crippen LogP contribution in [-0.4, -0.2) is 29.6 Å². The number of fused-ring (bicyclic) bond motifs is 1. The first-order valence-electron chi connectivity index (χ1n) is 5.80. The van der Waals surface area contributed by atoms with Crippen LogP contribution in [0, 0.1) is 6.92 Å². The van der Waals surface area contributed by atoms with Gasteiger partial charge in [0.25, 0.3) is 0 Å². The second-order valence-corrected chi connectivity index (χ2v) is 4.84. The summed E-state index contributed by atoms with van der Waals surface area (Å²) < 4.78 is 2.33. The van der Waals surface area contributed by atoms with E-state index in [1.807, 2.05) is 0 Å². The molecular weight excluding hydrogens is 196 g/mol. The number of hydrogen-bond donors (Lipinski definition) is 0. The molecule has 0 aliphatic heterocycles. The molecule has 16 heavy (non-hydrogen) atoms. The van der Waals surface area contributed by atoms with Gasteiger partial charge in [0.15, 0.2) is 0 Å². The van der Waals surface area contributed by atoms with Gasteiger partial charge in [-0.15, -0.1) is 0 Å². The van der Waals surface area contributed by atoms with E-state index in [1.165, 1.54) is 16.5 Å². The van der Waals surface area contributed by atoms with E-state index in [0.717, 1.165) is 6.54 Å². The molecule has 0 saturated carbocycles. The van der Waals surface area contributed by atoms with Gasteiger partial charge in [-0.3, -0.25) is 0 Å². The first-order valence-corrected chi connectivity index (χ1v) is 5.80. The average molecular weight is 216 g/mol. The van der Waals surface area contributed by atoms with Crippen molar-refractivity contribution in [1.29, 1.82) is 0 Å². The lowest BCUT2D eigenvalue weighted by molar-refractivity contribution is 0.286. The summed E-state index contributed by atoms with van der Waals surface area (Å²) in [7, 11) is 4.25. The lowest BCUT2D eigenvalue weighted by atomic mass is 10.2. The molecule has 0 aliphatic rings. The van der Waals surface area contributed by atoms with E-state index in [4.69, 9.17) is 0 Å². The minimum absolute atomic E-state index is 0.553. The summed E-state index contributed by atoms with van der Waals surface area (Å²) in [5, 5.41) is 1.34. The zero-order valence-corrected chi connectivity index (χ0v) is 10.6. The Morgan fingerprint density at radius 3 is 2.69 bits per heavy atom. The van der Waals surface area contributed by atoms with Gasteiger partial charge in [0.2, 0.25) is 0 Å². The lowest BCUT2D eigenvalue weighted by Gasteiger charge is -2.20. The Morgan fingerprint density at radius 2 is 2.00 bits per heavy atom. The Bertz CT molecular complexity index is 482. The van der Waals surface area contributed by atoms with Crippen LogP contribution < -0.4 is 0 Å². The summed E-state index contributed by atoms with van der Waals surface area (Å²) in [6.07, 6.45) is 2.18. The second-order valence-electron chi connectivity index (χ2n) is 4.84. The molecule has 2 heteroatoms. The number of nitrogens with zero attached hydrogens (tertiary/aromatic N) is 2. The fraction of sp³-hybridized carbons (Fsp3) is 0.429. The van der Waals surface area contributed by atoms with E-state index in [-0.39, 0.29) is 0 Å². The molecule has 0 N–H and O–H groups in total. The van der Waals surface area contributed by atoms with Gasteiger partial charge in [0.05, 0.1) is 0 Å². The number of likely N-dealkylation sites (N-methyl/N-ethyl adjacent to an activating group) is 1. The fourth-order valence-corrected chi connectivity index (χ4v) is 1.93. The van der Waals surface area contributed by atoms with Gasteiger partial charge < -0.3 is 9.47 Å². The van der Waals surface area contributed by atoms with Crippen molar-refractivity contribution < 1.29 is 0 Å². The molecule has 1 heterocycles. The van der Waals surface area contributed by atoms with E-state index in [1.54, 1.807) is 0 Å². The number of aromatic nitrogens is 1. The van der Waals surface area contributed by atoms with Crippen LogP contribution in [0.25, 0.3) is 10.9 Å². The van der Waals surface area contributed by atoms with Crippen LogP contribution in [0.4, 0.5) is 0 Å². The molecule has 2 rings (SSSR count). The Labute approximate surface area is 97.5 Å². The van der Waals surface area contributed by atoms with Crippen LogP contribution in [0.3, 0.4) is 0 Å². The molecule has 1 aromatic carbocycles. The van der Waals surface area contributed by atoms with Crippen molar-refractivity contribution in [1.82, 2.24) is 9.47 Å². The smallest absolute Gasteiger partial charge is 0.0480 e. The van der Waals surface area contributed by atoms with Crippen molar-refractivity contribution in [2.24, 2.45) is 0 Å². The summed E-state index contributed by atoms with van der Waals surface area (Å²) in [6, 6.07) is 9.39. The maximum absolute atomic E-state index is 2.33. The SMILES string of the molecule is Cc1ccc2c(ccn2C[C@H](C)N(C)C)c1. The number of rotatable bonds is 3. The number of aryl methyl sites for hydroxylation is 1. The molecule has 0 amide bonds. The molecule has 0 aliphatic carbocycles. The molecule has 86 valence electrons. The van der Waals surface area contributed by atoms with Crippen LogP contribution in [0.2, 0.25) is 0 Å². The molecule has 0 radical (unpaired) electrons. The van der Waals surface area contributed by atoms with Crippen molar-refractivity contribution in [2.45, 2.75) is 26.4 Å². The fourth-order valence-electron chi connectivity index (χ4n) is 1.93. The molecule has 0 bridgehead atoms. The highest BCUT2D eigenvalue weighted by Crippen LogP contribution is 2.18. The van der Waals surface area contributed by atoms with Gasteiger partial charge in [0.1, 0.15) is 0 Å². The Balaban J connectivity index is 2.32. The van der Waals surface area contributed by atoms with Gasteiger partial charge in [-0.25, -0.2) is 0 Å². The molecule has 2 aromatic rings. The number of benzene rings is 1. The van der Waals surface area contributed by atoms with Crippen LogP contribution in [0.15, 0.2) is 30.5 Å². The quantitative estimate of drug-likeness (QED) is 0.766. The standard InChI is InChI=1S/C14H20N2/c1-11-5-6-14-13(9-11)7-8-16(14)10-12(2)15(3)4/h5-9,12H,10H2,1-4H3/t12-/m0/s1. The summed E-state index contributed by atoms with van der Waals surface area (Å²) in [5.74, 6) is 0. The van der Waals surface area contributed by atoms with E-state index < -0.39 is 0 Å². The monoisotopic (exact) mass is 216 g/mol. The summed E-state index contributed by atoms with van der Waals surface area (Å²) in [6.45, 7) is 5.43. The first-order chi connectivity index (χ1) is 7.58. The van der Waals surface area contributed by atoms with E-state index in [2.05, 4.69) is 67.9 Å². The van der Waals surface area contributed by atoms with Crippen molar-refractivity contribution in [3.63, 3.8) is 0 Å². The maximum atomic E-state index is 2.33. The third kappa shape index (κ3) is 2.12. The van der Waals surface area contributed by atoms with Gasteiger partial charge in [0, 0.05) is 24.3 Å². The third-order valence-electron chi connectivity index (χ3n) is 3.27. The molecule has 0 fully saturated rings. The highest BCUT2D eigenvalue weighted by atomic mass is 15.1. The predicted octanol–water partition coefficient (Wildman–Crippen LogP) is 2.90. The Hall–Kier alpha value is -1.28. The molecule has 0 saturated heterocycles. The summed E-state index contributed by atoms with van der Waals surface area (Å²) in [4.78, 5) is 2.25. The molecule has 0 unspecified atom stereocenters. The topological polar surface area (TPSA) is 8.17 Å². The molecule has 1 aromatic heterocycles. The highest BCUT2D eigenvalue weighted by molar-refractivity contribution is 5.80. The molecule has 0 spiro atoms. The minimum atomic E-state index is 0.553. The van der Waals surface area contributed by atoms with E-state index in [9.17, 15) is 0 Å². The Kier molecular flexibility index (Phi) is 3.01. The summed E-state index contributed by atoms with van der Waals surface area (Å²) >= 11 is 0. The van der Waals surface area contributed by atoms with Crippen LogP contribution in [0.1, 0.15) is 12.5 Å². The van der Waals surface area contributed by atoms with Crippen molar-refractivity contribution in [2.75, 3.05) is 14.1 Å². The van der Waals surface area contributed by atoms with Gasteiger partial charge >= 0.3 is 0 Å². The van der Waals surface area contributed by atoms with Gasteiger partial charge in [-0.1, -0.05) is 11.6 Å². The van der Waals surface area contributed by atoms with Crippen molar-refractivity contribution in [3.05, 3.63) is 36.0 Å². The zero-order valence-electron chi connectivity index (χ0n) is 10.6. The average Bonchev–Trinajstić information content (AvgIpc) is 2.60. The van der Waals surface area contributed by atoms with Crippen molar-refractivity contribution in [3.8, 4) is 0 Å². The molecular formula is C14H20N2. The van der Waals surface area contributed by atoms with Crippen LogP contribution in [0.5, 0.6) is 0 Å². The predicted molar refractivity (Wildman–Crippen MR) is 69.8 cm³/mol. The minimum Gasteiger partial charge on any atom is -0.346 e. The number of hydrogen-bond acceptors (Lipinski definition) is 1. The lowest BCUT2D eigenvalue weighted by Crippen LogP contribution is -2.28. The van der Waals surface area contributed by atoms with E-state index in [0.29, 0.717) is 6.04 Å².